The lowest BCUT2D eigenvalue weighted by Crippen LogP contribution is -2.27. The summed E-state index contributed by atoms with van der Waals surface area (Å²) in [6.45, 7) is 2.57. The van der Waals surface area contributed by atoms with Crippen LogP contribution in [0, 0.1) is 5.92 Å². The fourth-order valence-corrected chi connectivity index (χ4v) is 0.621. The summed E-state index contributed by atoms with van der Waals surface area (Å²) in [6.07, 6.45) is -0.743. The van der Waals surface area contributed by atoms with Gasteiger partial charge in [0.2, 0.25) is 0 Å². The maximum atomic E-state index is 10.5. The highest BCUT2D eigenvalue weighted by atomic mass is 16.3. The predicted octanol–water partition coefficient (Wildman–Crippen LogP) is -0.435. The summed E-state index contributed by atoms with van der Waals surface area (Å²) in [5.41, 5.74) is 0. The molecule has 2 N–H and O–H groups in total. The van der Waals surface area contributed by atoms with Gasteiger partial charge in [-0.2, -0.15) is 0 Å². The van der Waals surface area contributed by atoms with Crippen molar-refractivity contribution in [3.05, 3.63) is 0 Å². The highest BCUT2D eigenvalue weighted by Crippen LogP contribution is 2.02. The van der Waals surface area contributed by atoms with Gasteiger partial charge in [-0.1, -0.05) is 0 Å². The zero-order chi connectivity index (χ0) is 7.44. The Morgan fingerprint density at radius 3 is 2.11 bits per heavy atom. The molecule has 0 aliphatic heterocycles. The molecular weight excluding hydrogens is 120 g/mol. The monoisotopic (exact) mass is 132 g/mol. The van der Waals surface area contributed by atoms with E-state index in [4.69, 9.17) is 10.2 Å². The predicted molar refractivity (Wildman–Crippen MR) is 32.9 cm³/mol. The van der Waals surface area contributed by atoms with Gasteiger partial charge >= 0.3 is 0 Å². The molecule has 9 heavy (non-hydrogen) atoms. The molecule has 0 heterocycles. The Morgan fingerprint density at radius 1 is 1.67 bits per heavy atom. The molecule has 2 unspecified atom stereocenters. The lowest BCUT2D eigenvalue weighted by Gasteiger charge is -2.12. The summed E-state index contributed by atoms with van der Waals surface area (Å²) in [7, 11) is 0. The van der Waals surface area contributed by atoms with E-state index >= 15 is 0 Å². The average molecular weight is 132 g/mol. The summed E-state index contributed by atoms with van der Waals surface area (Å²) in [4.78, 5) is 10.5. The van der Waals surface area contributed by atoms with Gasteiger partial charge in [-0.15, -0.1) is 0 Å². The normalized spacial score (nSPS) is 16.9. The number of carbonyl (C=O) groups is 1. The Morgan fingerprint density at radius 2 is 2.11 bits per heavy atom. The second-order valence-electron chi connectivity index (χ2n) is 2.14. The molecule has 0 saturated heterocycles. The van der Waals surface area contributed by atoms with E-state index < -0.39 is 12.0 Å². The van der Waals surface area contributed by atoms with Gasteiger partial charge in [-0.05, 0) is 13.8 Å². The van der Waals surface area contributed by atoms with Crippen molar-refractivity contribution in [2.24, 2.45) is 5.92 Å². The number of ketones is 1. The summed E-state index contributed by atoms with van der Waals surface area (Å²) < 4.78 is 0. The first-order valence-electron chi connectivity index (χ1n) is 2.89. The van der Waals surface area contributed by atoms with Gasteiger partial charge < -0.3 is 10.2 Å². The Kier molecular flexibility index (Phi) is 3.42. The number of Topliss-reactive ketones (excluding diaryl/α,β-unsaturated/α-hetero) is 1. The molecule has 0 rings (SSSR count). The van der Waals surface area contributed by atoms with Gasteiger partial charge in [-0.25, -0.2) is 0 Å². The average Bonchev–Trinajstić information content (AvgIpc) is 1.64. The van der Waals surface area contributed by atoms with E-state index in [2.05, 4.69) is 0 Å². The highest BCUT2D eigenvalue weighted by molar-refractivity contribution is 5.78. The van der Waals surface area contributed by atoms with Crippen molar-refractivity contribution in [1.82, 2.24) is 0 Å². The third-order valence-electron chi connectivity index (χ3n) is 1.30. The van der Waals surface area contributed by atoms with Gasteiger partial charge in [0.05, 0.1) is 18.6 Å². The SMILES string of the molecule is CC(=O)C(CO)C(C)O. The highest BCUT2D eigenvalue weighted by Gasteiger charge is 2.17. The third-order valence-corrected chi connectivity index (χ3v) is 1.30. The van der Waals surface area contributed by atoms with Crippen molar-refractivity contribution in [3.63, 3.8) is 0 Å². The molecule has 3 heteroatoms. The van der Waals surface area contributed by atoms with Crippen LogP contribution in [0.5, 0.6) is 0 Å². The molecule has 54 valence electrons. The Bertz CT molecular complexity index is 98.5. The van der Waals surface area contributed by atoms with Crippen LogP contribution >= 0.6 is 0 Å². The third kappa shape index (κ3) is 2.58. The van der Waals surface area contributed by atoms with Crippen LogP contribution in [0.1, 0.15) is 13.8 Å². The first kappa shape index (κ1) is 8.59. The Hall–Kier alpha value is -0.410. The maximum Gasteiger partial charge on any atom is 0.137 e. The molecule has 0 aromatic carbocycles. The summed E-state index contributed by atoms with van der Waals surface area (Å²) >= 11 is 0. The lowest BCUT2D eigenvalue weighted by atomic mass is 10.0. The fourth-order valence-electron chi connectivity index (χ4n) is 0.621. The summed E-state index contributed by atoms with van der Waals surface area (Å²) in [6, 6.07) is 0. The van der Waals surface area contributed by atoms with Crippen LogP contribution in [0.4, 0.5) is 0 Å². The van der Waals surface area contributed by atoms with E-state index in [0.29, 0.717) is 0 Å². The zero-order valence-corrected chi connectivity index (χ0v) is 5.66. The zero-order valence-electron chi connectivity index (χ0n) is 5.66. The molecule has 0 radical (unpaired) electrons. The van der Waals surface area contributed by atoms with Crippen LogP contribution in [-0.4, -0.2) is 28.7 Å². The van der Waals surface area contributed by atoms with Gasteiger partial charge in [-0.3, -0.25) is 4.79 Å². The van der Waals surface area contributed by atoms with Crippen molar-refractivity contribution in [1.29, 1.82) is 0 Å². The minimum atomic E-state index is -0.743. The molecule has 2 atom stereocenters. The molecule has 0 aliphatic rings. The van der Waals surface area contributed by atoms with Gasteiger partial charge in [0.25, 0.3) is 0 Å². The number of hydrogen-bond acceptors (Lipinski definition) is 3. The number of rotatable bonds is 3. The van der Waals surface area contributed by atoms with E-state index in [-0.39, 0.29) is 12.4 Å². The van der Waals surface area contributed by atoms with E-state index in [9.17, 15) is 4.79 Å². The van der Waals surface area contributed by atoms with Crippen molar-refractivity contribution >= 4 is 5.78 Å². The van der Waals surface area contributed by atoms with Crippen LogP contribution < -0.4 is 0 Å². The molecule has 0 bridgehead atoms. The first-order chi connectivity index (χ1) is 4.09. The number of aliphatic hydroxyl groups excluding tert-OH is 2. The molecule has 0 saturated carbocycles. The molecule has 0 aromatic heterocycles. The largest absolute Gasteiger partial charge is 0.396 e. The van der Waals surface area contributed by atoms with Crippen LogP contribution in [0.3, 0.4) is 0 Å². The number of aliphatic hydroxyl groups is 2. The van der Waals surface area contributed by atoms with E-state index in [0.717, 1.165) is 0 Å². The van der Waals surface area contributed by atoms with Gasteiger partial charge in [0.15, 0.2) is 0 Å². The standard InChI is InChI=1S/C6H12O3/c1-4(8)6(3-7)5(2)9/h4,6-8H,3H2,1-2H3. The van der Waals surface area contributed by atoms with Gasteiger partial charge in [0.1, 0.15) is 5.78 Å². The molecule has 0 aliphatic carbocycles. The Labute approximate surface area is 54.3 Å². The number of carbonyl (C=O) groups excluding carboxylic acids is 1. The minimum Gasteiger partial charge on any atom is -0.396 e. The second kappa shape index (κ2) is 3.58. The molecule has 0 spiro atoms. The molecule has 3 nitrogen and oxygen atoms in total. The van der Waals surface area contributed by atoms with Crippen molar-refractivity contribution in [2.45, 2.75) is 20.0 Å². The van der Waals surface area contributed by atoms with Crippen LogP contribution in [-0.2, 0) is 4.79 Å². The topological polar surface area (TPSA) is 57.5 Å². The molecule has 0 fully saturated rings. The lowest BCUT2D eigenvalue weighted by molar-refractivity contribution is -0.125. The maximum absolute atomic E-state index is 10.5. The molecule has 0 amide bonds. The first-order valence-corrected chi connectivity index (χ1v) is 2.89. The van der Waals surface area contributed by atoms with Crippen LogP contribution in [0.15, 0.2) is 0 Å². The summed E-state index contributed by atoms with van der Waals surface area (Å²) in [5, 5.41) is 17.3. The van der Waals surface area contributed by atoms with Crippen molar-refractivity contribution in [3.8, 4) is 0 Å². The van der Waals surface area contributed by atoms with Crippen LogP contribution in [0.25, 0.3) is 0 Å². The van der Waals surface area contributed by atoms with Gasteiger partial charge in [0, 0.05) is 0 Å². The molecular formula is C6H12O3. The fraction of sp³-hybridized carbons (Fsp3) is 0.833. The minimum absolute atomic E-state index is 0.174. The van der Waals surface area contributed by atoms with Crippen molar-refractivity contribution < 1.29 is 15.0 Å². The summed E-state index contributed by atoms with van der Waals surface area (Å²) in [5.74, 6) is -0.780. The second-order valence-corrected chi connectivity index (χ2v) is 2.14. The van der Waals surface area contributed by atoms with E-state index in [1.165, 1.54) is 13.8 Å². The van der Waals surface area contributed by atoms with E-state index in [1.807, 2.05) is 0 Å². The quantitative estimate of drug-likeness (QED) is 0.547. The van der Waals surface area contributed by atoms with Crippen LogP contribution in [0.2, 0.25) is 0 Å². The van der Waals surface area contributed by atoms with Crippen molar-refractivity contribution in [2.75, 3.05) is 6.61 Å². The molecule has 0 aromatic rings. The smallest absolute Gasteiger partial charge is 0.137 e. The Balaban J connectivity index is 3.83. The number of hydrogen-bond donors (Lipinski definition) is 2. The van der Waals surface area contributed by atoms with E-state index in [1.54, 1.807) is 0 Å².